The number of pyridine rings is 1. The molecule has 0 unspecified atom stereocenters. The Morgan fingerprint density at radius 2 is 2.27 bits per heavy atom. The molecule has 3 heterocycles. The molecule has 2 aromatic rings. The lowest BCUT2D eigenvalue weighted by Gasteiger charge is -2.37. The van der Waals surface area contributed by atoms with Crippen LogP contribution in [-0.2, 0) is 11.2 Å². The van der Waals surface area contributed by atoms with Crippen LogP contribution in [0.1, 0.15) is 43.7 Å². The van der Waals surface area contributed by atoms with Gasteiger partial charge in [-0.15, -0.1) is 0 Å². The first-order chi connectivity index (χ1) is 10.7. The summed E-state index contributed by atoms with van der Waals surface area (Å²) in [4.78, 5) is 18.9. The highest BCUT2D eigenvalue weighted by atomic mass is 16.3. The summed E-state index contributed by atoms with van der Waals surface area (Å²) in [5.74, 6) is 1.71. The number of hydrogen-bond donors (Lipinski definition) is 0. The van der Waals surface area contributed by atoms with Gasteiger partial charge in [-0.05, 0) is 49.4 Å². The highest BCUT2D eigenvalue weighted by Crippen LogP contribution is 2.34. The van der Waals surface area contributed by atoms with E-state index in [1.165, 1.54) is 0 Å². The molecule has 2 aromatic heterocycles. The number of aromatic nitrogens is 1. The van der Waals surface area contributed by atoms with E-state index in [0.29, 0.717) is 18.8 Å². The summed E-state index contributed by atoms with van der Waals surface area (Å²) in [5, 5.41) is 0. The number of hydrogen-bond acceptors (Lipinski definition) is 3. The van der Waals surface area contributed by atoms with Gasteiger partial charge in [0.1, 0.15) is 5.76 Å². The molecule has 1 fully saturated rings. The van der Waals surface area contributed by atoms with Gasteiger partial charge in [0.15, 0.2) is 0 Å². The van der Waals surface area contributed by atoms with Crippen LogP contribution < -0.4 is 0 Å². The number of carbonyl (C=O) groups excluding carboxylic acids is 1. The SMILES string of the molecule is C[C@@H]1CCN(C(=O)CCc2ccccn2)[C@H](c2ccco2)C1. The Labute approximate surface area is 131 Å². The maximum absolute atomic E-state index is 12.6. The molecule has 1 amide bonds. The Bertz CT molecular complexity index is 595. The van der Waals surface area contributed by atoms with Crippen LogP contribution in [0.25, 0.3) is 0 Å². The fourth-order valence-electron chi connectivity index (χ4n) is 3.12. The van der Waals surface area contributed by atoms with Gasteiger partial charge < -0.3 is 9.32 Å². The Morgan fingerprint density at radius 3 is 3.00 bits per heavy atom. The van der Waals surface area contributed by atoms with Gasteiger partial charge in [0.2, 0.25) is 5.91 Å². The topological polar surface area (TPSA) is 46.3 Å². The number of aryl methyl sites for hydroxylation is 1. The van der Waals surface area contributed by atoms with Crippen LogP contribution in [0.4, 0.5) is 0 Å². The van der Waals surface area contributed by atoms with Crippen LogP contribution in [0.3, 0.4) is 0 Å². The van der Waals surface area contributed by atoms with E-state index < -0.39 is 0 Å². The van der Waals surface area contributed by atoms with Crippen LogP contribution >= 0.6 is 0 Å². The molecule has 1 aliphatic heterocycles. The molecule has 1 saturated heterocycles. The van der Waals surface area contributed by atoms with Crippen LogP contribution in [0.15, 0.2) is 47.2 Å². The van der Waals surface area contributed by atoms with Crippen molar-refractivity contribution in [3.05, 3.63) is 54.2 Å². The van der Waals surface area contributed by atoms with E-state index in [9.17, 15) is 4.79 Å². The first kappa shape index (κ1) is 14.8. The largest absolute Gasteiger partial charge is 0.467 e. The molecule has 22 heavy (non-hydrogen) atoms. The van der Waals surface area contributed by atoms with Crippen LogP contribution in [0.2, 0.25) is 0 Å². The second-order valence-corrected chi connectivity index (χ2v) is 6.07. The van der Waals surface area contributed by atoms with Crippen molar-refractivity contribution in [2.24, 2.45) is 5.92 Å². The number of rotatable bonds is 4. The molecular weight excluding hydrogens is 276 g/mol. The highest BCUT2D eigenvalue weighted by molar-refractivity contribution is 5.77. The molecule has 0 aromatic carbocycles. The summed E-state index contributed by atoms with van der Waals surface area (Å²) >= 11 is 0. The number of amides is 1. The third-order valence-electron chi connectivity index (χ3n) is 4.38. The third kappa shape index (κ3) is 3.38. The quantitative estimate of drug-likeness (QED) is 0.866. The van der Waals surface area contributed by atoms with Crippen LogP contribution in [-0.4, -0.2) is 22.3 Å². The van der Waals surface area contributed by atoms with E-state index in [0.717, 1.165) is 30.8 Å². The fraction of sp³-hybridized carbons (Fsp3) is 0.444. The van der Waals surface area contributed by atoms with Crippen LogP contribution in [0.5, 0.6) is 0 Å². The van der Waals surface area contributed by atoms with E-state index in [-0.39, 0.29) is 11.9 Å². The highest BCUT2D eigenvalue weighted by Gasteiger charge is 2.32. The standard InChI is InChI=1S/C18H22N2O2/c1-14-9-11-20(16(13-14)17-6-4-12-22-17)18(21)8-7-15-5-2-3-10-19-15/h2-6,10,12,14,16H,7-9,11,13H2,1H3/t14-,16+/m1/s1. The van der Waals surface area contributed by atoms with Crippen LogP contribution in [0, 0.1) is 5.92 Å². The number of likely N-dealkylation sites (tertiary alicyclic amines) is 1. The molecule has 0 spiro atoms. The van der Waals surface area contributed by atoms with Crippen molar-refractivity contribution in [3.63, 3.8) is 0 Å². The summed E-state index contributed by atoms with van der Waals surface area (Å²) in [6, 6.07) is 9.77. The Balaban J connectivity index is 1.67. The van der Waals surface area contributed by atoms with E-state index >= 15 is 0 Å². The zero-order valence-corrected chi connectivity index (χ0v) is 12.9. The van der Waals surface area contributed by atoms with Crippen molar-refractivity contribution in [3.8, 4) is 0 Å². The van der Waals surface area contributed by atoms with E-state index in [1.807, 2.05) is 35.2 Å². The van der Waals surface area contributed by atoms with Gasteiger partial charge in [0.05, 0.1) is 12.3 Å². The smallest absolute Gasteiger partial charge is 0.223 e. The van der Waals surface area contributed by atoms with Gasteiger partial charge in [-0.3, -0.25) is 9.78 Å². The predicted octanol–water partition coefficient (Wildman–Crippen LogP) is 3.61. The molecule has 0 radical (unpaired) electrons. The summed E-state index contributed by atoms with van der Waals surface area (Å²) in [5.41, 5.74) is 0.968. The fourth-order valence-corrected chi connectivity index (χ4v) is 3.12. The lowest BCUT2D eigenvalue weighted by atomic mass is 9.90. The summed E-state index contributed by atoms with van der Waals surface area (Å²) < 4.78 is 5.56. The minimum atomic E-state index is 0.0787. The van der Waals surface area contributed by atoms with Gasteiger partial charge in [0.25, 0.3) is 0 Å². The number of nitrogens with zero attached hydrogens (tertiary/aromatic N) is 2. The monoisotopic (exact) mass is 298 g/mol. The molecular formula is C18H22N2O2. The van der Waals surface area contributed by atoms with Crippen molar-refractivity contribution < 1.29 is 9.21 Å². The minimum Gasteiger partial charge on any atom is -0.467 e. The lowest BCUT2D eigenvalue weighted by molar-refractivity contribution is -0.136. The zero-order chi connectivity index (χ0) is 15.4. The van der Waals surface area contributed by atoms with E-state index in [4.69, 9.17) is 4.42 Å². The second-order valence-electron chi connectivity index (χ2n) is 6.07. The predicted molar refractivity (Wildman–Crippen MR) is 84.1 cm³/mol. The molecule has 0 saturated carbocycles. The average molecular weight is 298 g/mol. The molecule has 116 valence electrons. The average Bonchev–Trinajstić information content (AvgIpc) is 3.08. The first-order valence-electron chi connectivity index (χ1n) is 7.97. The van der Waals surface area contributed by atoms with Gasteiger partial charge in [-0.2, -0.15) is 0 Å². The Hall–Kier alpha value is -2.10. The maximum atomic E-state index is 12.6. The Kier molecular flexibility index (Phi) is 4.56. The molecule has 2 atom stereocenters. The molecule has 1 aliphatic rings. The van der Waals surface area contributed by atoms with Crippen molar-refractivity contribution >= 4 is 5.91 Å². The van der Waals surface area contributed by atoms with Gasteiger partial charge in [-0.25, -0.2) is 0 Å². The molecule has 0 N–H and O–H groups in total. The Morgan fingerprint density at radius 1 is 1.36 bits per heavy atom. The minimum absolute atomic E-state index is 0.0787. The van der Waals surface area contributed by atoms with Crippen molar-refractivity contribution in [2.75, 3.05) is 6.54 Å². The summed E-state index contributed by atoms with van der Waals surface area (Å²) in [6.45, 7) is 3.05. The molecule has 3 rings (SSSR count). The van der Waals surface area contributed by atoms with E-state index in [1.54, 1.807) is 12.5 Å². The van der Waals surface area contributed by atoms with Crippen molar-refractivity contribution in [2.45, 2.75) is 38.6 Å². The maximum Gasteiger partial charge on any atom is 0.223 e. The second kappa shape index (κ2) is 6.77. The third-order valence-corrected chi connectivity index (χ3v) is 4.38. The van der Waals surface area contributed by atoms with Gasteiger partial charge >= 0.3 is 0 Å². The van der Waals surface area contributed by atoms with Gasteiger partial charge in [-0.1, -0.05) is 13.0 Å². The van der Waals surface area contributed by atoms with E-state index in [2.05, 4.69) is 11.9 Å². The van der Waals surface area contributed by atoms with Crippen molar-refractivity contribution in [1.82, 2.24) is 9.88 Å². The lowest BCUT2D eigenvalue weighted by Crippen LogP contribution is -2.40. The zero-order valence-electron chi connectivity index (χ0n) is 12.9. The summed E-state index contributed by atoms with van der Waals surface area (Å²) in [6.07, 6.45) is 6.69. The summed E-state index contributed by atoms with van der Waals surface area (Å²) in [7, 11) is 0. The molecule has 0 aliphatic carbocycles. The molecule has 4 heteroatoms. The number of piperidine rings is 1. The van der Waals surface area contributed by atoms with Crippen molar-refractivity contribution in [1.29, 1.82) is 0 Å². The molecule has 4 nitrogen and oxygen atoms in total. The number of carbonyl (C=O) groups is 1. The number of furan rings is 1. The normalized spacial score (nSPS) is 21.8. The molecule has 0 bridgehead atoms. The first-order valence-corrected chi connectivity index (χ1v) is 7.97. The van der Waals surface area contributed by atoms with Gasteiger partial charge in [0, 0.05) is 24.9 Å².